The summed E-state index contributed by atoms with van der Waals surface area (Å²) in [5, 5.41) is 3.62. The van der Waals surface area contributed by atoms with Gasteiger partial charge >= 0.3 is 0 Å². The van der Waals surface area contributed by atoms with Gasteiger partial charge in [-0.1, -0.05) is 17.7 Å². The number of benzene rings is 1. The Balaban J connectivity index is 1.88. The van der Waals surface area contributed by atoms with Gasteiger partial charge in [0.1, 0.15) is 34.5 Å². The zero-order valence-corrected chi connectivity index (χ0v) is 16.3. The lowest BCUT2D eigenvalue weighted by Crippen LogP contribution is -2.46. The highest BCUT2D eigenvalue weighted by Gasteiger charge is 2.34. The summed E-state index contributed by atoms with van der Waals surface area (Å²) < 4.78 is 14.4. The van der Waals surface area contributed by atoms with Gasteiger partial charge in [-0.05, 0) is 25.1 Å². The number of amidine groups is 1. The second-order valence-corrected chi connectivity index (χ2v) is 7.30. The molecule has 0 radical (unpaired) electrons. The molecule has 4 N–H and O–H groups in total. The summed E-state index contributed by atoms with van der Waals surface area (Å²) in [5.74, 6) is 1.04. The van der Waals surface area contributed by atoms with E-state index in [4.69, 9.17) is 17.3 Å². The molecule has 0 fully saturated rings. The Kier molecular flexibility index (Phi) is 4.23. The van der Waals surface area contributed by atoms with Crippen LogP contribution in [0.3, 0.4) is 0 Å². The minimum Gasteiger partial charge on any atom is -0.384 e. The number of nitrogens with one attached hydrogen (secondary N) is 2. The molecule has 0 saturated heterocycles. The van der Waals surface area contributed by atoms with Crippen LogP contribution in [-0.4, -0.2) is 39.8 Å². The second kappa shape index (κ2) is 6.49. The van der Waals surface area contributed by atoms with Crippen molar-refractivity contribution in [2.75, 3.05) is 14.1 Å². The highest BCUT2D eigenvalue weighted by molar-refractivity contribution is 6.33. The molecule has 0 saturated carbocycles. The number of pyridine rings is 1. The predicted octanol–water partition coefficient (Wildman–Crippen LogP) is 2.95. The molecule has 1 aliphatic heterocycles. The first kappa shape index (κ1) is 18.2. The minimum absolute atomic E-state index is 0.213. The van der Waals surface area contributed by atoms with Gasteiger partial charge in [0.2, 0.25) is 0 Å². The Hall–Kier alpha value is -3.13. The third kappa shape index (κ3) is 2.95. The lowest BCUT2D eigenvalue weighted by atomic mass is 10.1. The summed E-state index contributed by atoms with van der Waals surface area (Å²) in [5.41, 5.74) is 7.13. The molecule has 0 spiro atoms. The van der Waals surface area contributed by atoms with Crippen LogP contribution >= 0.6 is 11.6 Å². The molecular formula is C19H19ClFN7. The maximum atomic E-state index is 14.4. The van der Waals surface area contributed by atoms with E-state index < -0.39 is 11.5 Å². The molecular weight excluding hydrogens is 381 g/mol. The number of aromatic nitrogens is 3. The summed E-state index contributed by atoms with van der Waals surface area (Å²) in [4.78, 5) is 18.7. The first-order chi connectivity index (χ1) is 13.3. The van der Waals surface area contributed by atoms with Gasteiger partial charge in [0.05, 0.1) is 16.1 Å². The Labute approximate surface area is 166 Å². The van der Waals surface area contributed by atoms with E-state index in [9.17, 15) is 4.39 Å². The molecule has 28 heavy (non-hydrogen) atoms. The van der Waals surface area contributed by atoms with Crippen LogP contribution in [0, 0.1) is 5.82 Å². The molecule has 1 atom stereocenters. The van der Waals surface area contributed by atoms with Gasteiger partial charge in [-0.2, -0.15) is 0 Å². The van der Waals surface area contributed by atoms with Crippen LogP contribution < -0.4 is 11.1 Å². The molecule has 0 aliphatic carbocycles. The van der Waals surface area contributed by atoms with Crippen molar-refractivity contribution < 1.29 is 4.39 Å². The van der Waals surface area contributed by atoms with Crippen LogP contribution in [0.15, 0.2) is 47.4 Å². The lowest BCUT2D eigenvalue weighted by Gasteiger charge is -2.34. The van der Waals surface area contributed by atoms with Gasteiger partial charge in [-0.3, -0.25) is 4.98 Å². The normalized spacial score (nSPS) is 19.2. The Morgan fingerprint density at radius 3 is 2.75 bits per heavy atom. The van der Waals surface area contributed by atoms with E-state index in [0.717, 1.165) is 5.82 Å². The van der Waals surface area contributed by atoms with Crippen molar-refractivity contribution in [2.45, 2.75) is 12.6 Å². The largest absolute Gasteiger partial charge is 0.384 e. The van der Waals surface area contributed by atoms with Gasteiger partial charge in [0, 0.05) is 26.4 Å². The zero-order chi connectivity index (χ0) is 20.1. The number of rotatable bonds is 3. The maximum absolute atomic E-state index is 14.4. The third-order valence-electron chi connectivity index (χ3n) is 4.55. The third-order valence-corrected chi connectivity index (χ3v) is 4.87. The van der Waals surface area contributed by atoms with Crippen molar-refractivity contribution in [2.24, 2.45) is 10.7 Å². The van der Waals surface area contributed by atoms with Crippen LogP contribution in [0.4, 0.5) is 4.39 Å². The molecule has 3 aromatic rings. The van der Waals surface area contributed by atoms with Crippen LogP contribution in [0.1, 0.15) is 12.6 Å². The molecule has 9 heteroatoms. The number of hydrogen-bond donors (Lipinski definition) is 3. The monoisotopic (exact) mass is 399 g/mol. The zero-order valence-electron chi connectivity index (χ0n) is 15.6. The van der Waals surface area contributed by atoms with Gasteiger partial charge in [-0.25, -0.2) is 14.4 Å². The fraction of sp³-hybridized carbons (Fsp3) is 0.211. The van der Waals surface area contributed by atoms with E-state index in [-0.39, 0.29) is 10.6 Å². The number of fused-ring (bicyclic) bond motifs is 1. The van der Waals surface area contributed by atoms with Gasteiger partial charge < -0.3 is 20.9 Å². The first-order valence-corrected chi connectivity index (χ1v) is 8.98. The van der Waals surface area contributed by atoms with Crippen molar-refractivity contribution in [3.8, 4) is 11.4 Å². The minimum atomic E-state index is -0.941. The van der Waals surface area contributed by atoms with Gasteiger partial charge in [0.25, 0.3) is 0 Å². The molecule has 0 amide bonds. The summed E-state index contributed by atoms with van der Waals surface area (Å²) in [6.45, 7) is 1.86. The smallest absolute Gasteiger partial charge is 0.175 e. The fourth-order valence-electron chi connectivity index (χ4n) is 3.23. The van der Waals surface area contributed by atoms with Crippen molar-refractivity contribution in [1.82, 2.24) is 25.2 Å². The average Bonchev–Trinajstić information content (AvgIpc) is 3.04. The van der Waals surface area contributed by atoms with E-state index in [1.807, 2.05) is 25.9 Å². The molecule has 1 aromatic carbocycles. The molecule has 2 aromatic heterocycles. The second-order valence-electron chi connectivity index (χ2n) is 6.90. The Morgan fingerprint density at radius 2 is 2.04 bits per heavy atom. The quantitative estimate of drug-likeness (QED) is 0.629. The molecule has 1 unspecified atom stereocenters. The van der Waals surface area contributed by atoms with Crippen molar-refractivity contribution >= 4 is 28.5 Å². The highest BCUT2D eigenvalue weighted by atomic mass is 35.5. The van der Waals surface area contributed by atoms with E-state index in [0.29, 0.717) is 28.4 Å². The number of imidazole rings is 1. The number of nitrogens with two attached hydrogens (primary N) is 1. The standard InChI is InChI=1S/C19H19ClFN7/c1-19(26-13(22)9-14(27-19)28(2)3)17-16-12(7-8-23-17)24-18(25-16)15-10(20)5-4-6-11(15)21/h4-9,27H,1-3H3,(H2,22,26)(H,24,25). The highest BCUT2D eigenvalue weighted by Crippen LogP contribution is 2.34. The van der Waals surface area contributed by atoms with Crippen LogP contribution in [0.5, 0.6) is 0 Å². The van der Waals surface area contributed by atoms with E-state index in [2.05, 4.69) is 25.3 Å². The average molecular weight is 400 g/mol. The number of aliphatic imine (C=N–C) groups is 1. The van der Waals surface area contributed by atoms with Crippen LogP contribution in [-0.2, 0) is 5.66 Å². The Bertz CT molecular complexity index is 1110. The van der Waals surface area contributed by atoms with Crippen LogP contribution in [0.25, 0.3) is 22.4 Å². The Morgan fingerprint density at radius 1 is 1.25 bits per heavy atom. The van der Waals surface area contributed by atoms with Gasteiger partial charge in [-0.15, -0.1) is 0 Å². The summed E-state index contributed by atoms with van der Waals surface area (Å²) >= 11 is 6.20. The molecule has 3 heterocycles. The fourth-order valence-corrected chi connectivity index (χ4v) is 3.48. The summed E-state index contributed by atoms with van der Waals surface area (Å²) in [6.07, 6.45) is 3.39. The number of aromatic amines is 1. The SMILES string of the molecule is CN(C)C1=CC(N)=NC(C)(c2nccc3[nH]c(-c4c(F)cccc4Cl)nc23)N1. The maximum Gasteiger partial charge on any atom is 0.175 e. The van der Waals surface area contributed by atoms with E-state index in [1.54, 1.807) is 30.5 Å². The van der Waals surface area contributed by atoms with Crippen LogP contribution in [0.2, 0.25) is 5.02 Å². The number of hydrogen-bond acceptors (Lipinski definition) is 6. The van der Waals surface area contributed by atoms with E-state index in [1.165, 1.54) is 6.07 Å². The lowest BCUT2D eigenvalue weighted by molar-refractivity contribution is 0.340. The summed E-state index contributed by atoms with van der Waals surface area (Å²) in [6, 6.07) is 6.29. The van der Waals surface area contributed by atoms with E-state index >= 15 is 0 Å². The number of nitrogens with zero attached hydrogens (tertiary/aromatic N) is 4. The molecule has 1 aliphatic rings. The first-order valence-electron chi connectivity index (χ1n) is 8.60. The van der Waals surface area contributed by atoms with Gasteiger partial charge in [0.15, 0.2) is 5.66 Å². The molecule has 4 rings (SSSR count). The van der Waals surface area contributed by atoms with Crippen molar-refractivity contribution in [3.63, 3.8) is 0 Å². The van der Waals surface area contributed by atoms with Crippen molar-refractivity contribution in [3.05, 3.63) is 58.9 Å². The number of halogens is 2. The topological polar surface area (TPSA) is 95.2 Å². The molecule has 0 bridgehead atoms. The number of H-pyrrole nitrogens is 1. The molecule has 144 valence electrons. The predicted molar refractivity (Wildman–Crippen MR) is 108 cm³/mol. The summed E-state index contributed by atoms with van der Waals surface area (Å²) in [7, 11) is 3.80. The molecule has 7 nitrogen and oxygen atoms in total. The van der Waals surface area contributed by atoms with Crippen molar-refractivity contribution in [1.29, 1.82) is 0 Å².